The number of fused-ring (bicyclic) bond motifs is 1. The van der Waals surface area contributed by atoms with Gasteiger partial charge in [-0.1, -0.05) is 60.7 Å². The molecule has 0 radical (unpaired) electrons. The first kappa shape index (κ1) is 21.3. The van der Waals surface area contributed by atoms with Crippen molar-refractivity contribution in [2.45, 2.75) is 12.8 Å². The van der Waals surface area contributed by atoms with Gasteiger partial charge in [-0.25, -0.2) is 14.1 Å². The van der Waals surface area contributed by atoms with Crippen molar-refractivity contribution in [2.75, 3.05) is 5.43 Å². The lowest BCUT2D eigenvalue weighted by Crippen LogP contribution is -2.36. The number of halogens is 1. The first-order chi connectivity index (χ1) is 16.6. The fraction of sp³-hybridized carbons (Fsp3) is 0.0769. The number of aryl methyl sites for hydroxylation is 2. The van der Waals surface area contributed by atoms with Crippen molar-refractivity contribution in [3.05, 3.63) is 118 Å². The summed E-state index contributed by atoms with van der Waals surface area (Å²) in [5, 5.41) is 6.84. The van der Waals surface area contributed by atoms with Gasteiger partial charge in [0.05, 0.1) is 0 Å². The van der Waals surface area contributed by atoms with Gasteiger partial charge in [-0.15, -0.1) is 0 Å². The van der Waals surface area contributed by atoms with Gasteiger partial charge in [-0.2, -0.15) is 5.10 Å². The smallest absolute Gasteiger partial charge is 0.270 e. The summed E-state index contributed by atoms with van der Waals surface area (Å²) in [6.07, 6.45) is 0.957. The van der Waals surface area contributed by atoms with E-state index in [4.69, 9.17) is 0 Å². The Labute approximate surface area is 193 Å². The summed E-state index contributed by atoms with van der Waals surface area (Å²) in [6.45, 7) is 0. The second-order valence-corrected chi connectivity index (χ2v) is 7.74. The molecule has 2 heterocycles. The first-order valence-corrected chi connectivity index (χ1v) is 10.8. The number of nitrogens with one attached hydrogen (secondary N) is 2. The van der Waals surface area contributed by atoms with Crippen LogP contribution in [0.5, 0.6) is 0 Å². The number of carbonyl (C=O) groups excluding carboxylic acids is 1. The van der Waals surface area contributed by atoms with Crippen molar-refractivity contribution < 1.29 is 9.18 Å². The summed E-state index contributed by atoms with van der Waals surface area (Å²) in [5.74, 6) is -0.576. The molecule has 5 aromatic rings. The van der Waals surface area contributed by atoms with E-state index in [9.17, 15) is 14.0 Å². The quantitative estimate of drug-likeness (QED) is 0.405. The van der Waals surface area contributed by atoms with E-state index in [0.29, 0.717) is 24.2 Å². The van der Waals surface area contributed by atoms with E-state index in [0.717, 1.165) is 10.2 Å². The number of H-pyrrole nitrogens is 1. The zero-order valence-corrected chi connectivity index (χ0v) is 18.0. The largest absolute Gasteiger partial charge is 0.298 e. The van der Waals surface area contributed by atoms with E-state index >= 15 is 0 Å². The molecule has 0 fully saturated rings. The molecule has 0 spiro atoms. The minimum atomic E-state index is -0.521. The molecule has 0 saturated carbocycles. The van der Waals surface area contributed by atoms with Crippen LogP contribution in [-0.2, 0) is 12.8 Å². The average Bonchev–Trinajstić information content (AvgIpc) is 3.30. The highest BCUT2D eigenvalue weighted by Gasteiger charge is 2.20. The number of carbonyl (C=O) groups is 1. The number of rotatable bonds is 6. The lowest BCUT2D eigenvalue weighted by Gasteiger charge is -2.14. The number of aromatic amines is 1. The van der Waals surface area contributed by atoms with Crippen LogP contribution in [0.1, 0.15) is 21.7 Å². The molecule has 0 unspecified atom stereocenters. The molecule has 2 aromatic heterocycles. The van der Waals surface area contributed by atoms with E-state index in [-0.39, 0.29) is 22.3 Å². The summed E-state index contributed by atoms with van der Waals surface area (Å²) in [4.78, 5) is 30.9. The molecule has 0 bridgehead atoms. The minimum absolute atomic E-state index is 0.0788. The number of aromatic nitrogens is 4. The van der Waals surface area contributed by atoms with Crippen LogP contribution in [0.3, 0.4) is 0 Å². The predicted octanol–water partition coefficient (Wildman–Crippen LogP) is 4.09. The number of hydrogen-bond acceptors (Lipinski definition) is 4. The number of amides is 1. The number of hydrogen-bond donors (Lipinski definition) is 2. The zero-order valence-electron chi connectivity index (χ0n) is 18.0. The number of nitrogens with zero attached hydrogens (tertiary/aromatic N) is 3. The number of benzene rings is 3. The maximum atomic E-state index is 14.5. The lowest BCUT2D eigenvalue weighted by atomic mass is 10.1. The van der Waals surface area contributed by atoms with E-state index in [1.807, 2.05) is 30.3 Å². The Balaban J connectivity index is 1.61. The normalized spacial score (nSPS) is 11.0. The van der Waals surface area contributed by atoms with E-state index in [1.165, 1.54) is 6.07 Å². The monoisotopic (exact) mass is 453 g/mol. The van der Waals surface area contributed by atoms with Crippen LogP contribution in [0, 0.1) is 5.82 Å². The molecule has 0 aliphatic rings. The van der Waals surface area contributed by atoms with Gasteiger partial charge in [0.25, 0.3) is 11.5 Å². The molecule has 0 saturated heterocycles. The van der Waals surface area contributed by atoms with E-state index in [2.05, 4.69) is 20.6 Å². The van der Waals surface area contributed by atoms with Gasteiger partial charge in [-0.05, 0) is 36.2 Å². The van der Waals surface area contributed by atoms with Crippen molar-refractivity contribution in [3.8, 4) is 11.3 Å². The van der Waals surface area contributed by atoms with Crippen molar-refractivity contribution in [1.82, 2.24) is 19.9 Å². The van der Waals surface area contributed by atoms with E-state index < -0.39 is 17.3 Å². The van der Waals surface area contributed by atoms with Crippen molar-refractivity contribution in [1.29, 1.82) is 0 Å². The Morgan fingerprint density at radius 2 is 1.59 bits per heavy atom. The molecular formula is C26H20FN5O2. The molecule has 168 valence electrons. The first-order valence-electron chi connectivity index (χ1n) is 10.8. The third-order valence-electron chi connectivity index (χ3n) is 5.51. The van der Waals surface area contributed by atoms with Crippen LogP contribution in [0.4, 0.5) is 4.39 Å². The van der Waals surface area contributed by atoms with Crippen molar-refractivity contribution in [3.63, 3.8) is 0 Å². The van der Waals surface area contributed by atoms with Gasteiger partial charge in [0.2, 0.25) is 0 Å². The summed E-state index contributed by atoms with van der Waals surface area (Å²) in [7, 11) is 0. The molecule has 3 aromatic carbocycles. The van der Waals surface area contributed by atoms with Crippen LogP contribution in [0.15, 0.2) is 89.7 Å². The zero-order chi connectivity index (χ0) is 23.5. The fourth-order valence-corrected chi connectivity index (χ4v) is 3.78. The third-order valence-corrected chi connectivity index (χ3v) is 5.51. The topological polar surface area (TPSA) is 92.7 Å². The summed E-state index contributed by atoms with van der Waals surface area (Å²) in [6, 6.07) is 24.5. The molecule has 7 nitrogen and oxygen atoms in total. The Hall–Kier alpha value is -4.59. The van der Waals surface area contributed by atoms with Crippen LogP contribution >= 0.6 is 0 Å². The summed E-state index contributed by atoms with van der Waals surface area (Å²) < 4.78 is 15.6. The molecule has 1 amide bonds. The molecule has 8 heteroatoms. The average molecular weight is 453 g/mol. The second-order valence-electron chi connectivity index (χ2n) is 7.74. The molecular weight excluding hydrogens is 433 g/mol. The van der Waals surface area contributed by atoms with Gasteiger partial charge in [0.15, 0.2) is 5.52 Å². The third kappa shape index (κ3) is 4.09. The lowest BCUT2D eigenvalue weighted by molar-refractivity contribution is 0.101. The Kier molecular flexibility index (Phi) is 5.70. The summed E-state index contributed by atoms with van der Waals surface area (Å²) >= 11 is 0. The Bertz CT molecular complexity index is 1530. The molecule has 0 aliphatic heterocycles. The van der Waals surface area contributed by atoms with Crippen LogP contribution in [0.2, 0.25) is 0 Å². The maximum Gasteiger partial charge on any atom is 0.298 e. The highest BCUT2D eigenvalue weighted by atomic mass is 19.1. The van der Waals surface area contributed by atoms with E-state index in [1.54, 1.807) is 48.5 Å². The molecule has 2 N–H and O–H groups in total. The van der Waals surface area contributed by atoms with Gasteiger partial charge < -0.3 is 0 Å². The minimum Gasteiger partial charge on any atom is -0.270 e. The van der Waals surface area contributed by atoms with Crippen molar-refractivity contribution >= 4 is 16.9 Å². The standard InChI is InChI=1S/C26H20FN5O2/c27-20-14-8-7-13-19(20)22-23-24(30-29-22)26(34)32(31-25(33)18-11-5-2-6-12-18)21(28-23)16-15-17-9-3-1-4-10-17/h1-14H,15-16H2,(H,29,30)(H,31,33). The highest BCUT2D eigenvalue weighted by Crippen LogP contribution is 2.26. The SMILES string of the molecule is O=C(Nn1c(CCc2ccccc2)nc2c(-c3ccccc3F)n[nH]c2c1=O)c1ccccc1. The predicted molar refractivity (Wildman–Crippen MR) is 128 cm³/mol. The fourth-order valence-electron chi connectivity index (χ4n) is 3.78. The summed E-state index contributed by atoms with van der Waals surface area (Å²) in [5.41, 5.74) is 4.41. The van der Waals surface area contributed by atoms with Crippen LogP contribution in [-0.4, -0.2) is 25.8 Å². The second kappa shape index (κ2) is 9.11. The van der Waals surface area contributed by atoms with Crippen molar-refractivity contribution in [2.24, 2.45) is 0 Å². The molecule has 5 rings (SSSR count). The Morgan fingerprint density at radius 3 is 2.32 bits per heavy atom. The highest BCUT2D eigenvalue weighted by molar-refractivity contribution is 6.00. The molecule has 34 heavy (non-hydrogen) atoms. The molecule has 0 aliphatic carbocycles. The maximum absolute atomic E-state index is 14.5. The van der Waals surface area contributed by atoms with Gasteiger partial charge in [0.1, 0.15) is 22.9 Å². The Morgan fingerprint density at radius 1 is 0.912 bits per heavy atom. The van der Waals surface area contributed by atoms with Crippen LogP contribution < -0.4 is 11.0 Å². The van der Waals surface area contributed by atoms with Gasteiger partial charge in [-0.3, -0.25) is 20.1 Å². The van der Waals surface area contributed by atoms with Gasteiger partial charge >= 0.3 is 0 Å². The molecule has 0 atom stereocenters. The van der Waals surface area contributed by atoms with Gasteiger partial charge in [0, 0.05) is 17.5 Å². The van der Waals surface area contributed by atoms with Crippen LogP contribution in [0.25, 0.3) is 22.3 Å².